The Bertz CT molecular complexity index is 407. The predicted octanol–water partition coefficient (Wildman–Crippen LogP) is 4.09. The molecule has 1 aromatic rings. The molecule has 19 heavy (non-hydrogen) atoms. The molecule has 1 aliphatic rings. The lowest BCUT2D eigenvalue weighted by molar-refractivity contribution is 0.0996. The molecule has 0 amide bonds. The third-order valence-corrected chi connectivity index (χ3v) is 4.01. The first-order valence-electron chi connectivity index (χ1n) is 7.01. The van der Waals surface area contributed by atoms with Crippen LogP contribution in [0.3, 0.4) is 0 Å². The van der Waals surface area contributed by atoms with Crippen molar-refractivity contribution in [3.63, 3.8) is 0 Å². The zero-order valence-electron chi connectivity index (χ0n) is 11.3. The number of halogens is 2. The summed E-state index contributed by atoms with van der Waals surface area (Å²) >= 11 is 6.07. The van der Waals surface area contributed by atoms with E-state index >= 15 is 0 Å². The van der Waals surface area contributed by atoms with Gasteiger partial charge in [0.1, 0.15) is 5.82 Å². The van der Waals surface area contributed by atoms with Crippen LogP contribution >= 0.6 is 11.6 Å². The molecule has 2 rings (SSSR count). The number of benzene rings is 1. The highest BCUT2D eigenvalue weighted by Gasteiger charge is 2.20. The molecule has 1 heterocycles. The first kappa shape index (κ1) is 14.8. The molecule has 1 aromatic carbocycles. The van der Waals surface area contributed by atoms with Crippen LogP contribution in [0, 0.1) is 5.82 Å². The van der Waals surface area contributed by atoms with Crippen molar-refractivity contribution in [1.29, 1.82) is 0 Å². The van der Waals surface area contributed by atoms with E-state index in [1.807, 2.05) is 13.0 Å². The summed E-state index contributed by atoms with van der Waals surface area (Å²) in [6, 6.07) is 5.10. The van der Waals surface area contributed by atoms with Gasteiger partial charge in [-0.05, 0) is 43.9 Å². The molecule has 1 N–H and O–H groups in total. The number of ether oxygens (including phenoxy) is 1. The molecule has 2 unspecified atom stereocenters. The van der Waals surface area contributed by atoms with E-state index in [0.717, 1.165) is 44.4 Å². The van der Waals surface area contributed by atoms with Crippen LogP contribution in [0.2, 0.25) is 5.02 Å². The Hall–Kier alpha value is -0.640. The summed E-state index contributed by atoms with van der Waals surface area (Å²) in [5.41, 5.74) is 0.849. The summed E-state index contributed by atoms with van der Waals surface area (Å²) in [4.78, 5) is 0. The lowest BCUT2D eigenvalue weighted by Gasteiger charge is -2.21. The van der Waals surface area contributed by atoms with Gasteiger partial charge in [-0.2, -0.15) is 0 Å². The molecule has 2 nitrogen and oxygen atoms in total. The molecule has 1 fully saturated rings. The van der Waals surface area contributed by atoms with Crippen molar-refractivity contribution < 1.29 is 9.13 Å². The Labute approximate surface area is 119 Å². The monoisotopic (exact) mass is 285 g/mol. The fourth-order valence-corrected chi connectivity index (χ4v) is 2.89. The van der Waals surface area contributed by atoms with Crippen LogP contribution in [0.5, 0.6) is 0 Å². The van der Waals surface area contributed by atoms with Crippen molar-refractivity contribution in [2.24, 2.45) is 0 Å². The highest BCUT2D eigenvalue weighted by molar-refractivity contribution is 6.31. The van der Waals surface area contributed by atoms with Gasteiger partial charge in [-0.25, -0.2) is 4.39 Å². The van der Waals surface area contributed by atoms with Crippen molar-refractivity contribution in [2.75, 3.05) is 13.2 Å². The molecule has 0 aromatic heterocycles. The van der Waals surface area contributed by atoms with Crippen LogP contribution in [-0.2, 0) is 4.74 Å². The standard InChI is InChI=1S/C15H21ClFNO/c1-2-18-14(9-8-11-5-4-10-19-11)12-6-3-7-13(17)15(12)16/h3,6-7,11,14,18H,2,4-5,8-10H2,1H3. The average molecular weight is 286 g/mol. The van der Waals surface area contributed by atoms with Gasteiger partial charge in [-0.1, -0.05) is 30.7 Å². The highest BCUT2D eigenvalue weighted by atomic mass is 35.5. The summed E-state index contributed by atoms with van der Waals surface area (Å²) in [6.07, 6.45) is 4.55. The van der Waals surface area contributed by atoms with Gasteiger partial charge in [0.15, 0.2) is 0 Å². The minimum absolute atomic E-state index is 0.0948. The summed E-state index contributed by atoms with van der Waals surface area (Å²) < 4.78 is 19.2. The maximum Gasteiger partial charge on any atom is 0.142 e. The number of rotatable bonds is 6. The molecule has 4 heteroatoms. The Balaban J connectivity index is 2.03. The third kappa shape index (κ3) is 3.91. The Kier molecular flexibility index (Phi) is 5.61. The van der Waals surface area contributed by atoms with Crippen molar-refractivity contribution in [3.8, 4) is 0 Å². The van der Waals surface area contributed by atoms with Crippen LogP contribution in [0.25, 0.3) is 0 Å². The molecular weight excluding hydrogens is 265 g/mol. The second kappa shape index (κ2) is 7.22. The first-order chi connectivity index (χ1) is 9.22. The van der Waals surface area contributed by atoms with Crippen molar-refractivity contribution in [1.82, 2.24) is 5.32 Å². The number of nitrogens with one attached hydrogen (secondary N) is 1. The predicted molar refractivity (Wildman–Crippen MR) is 76.0 cm³/mol. The van der Waals surface area contributed by atoms with Gasteiger partial charge >= 0.3 is 0 Å². The fourth-order valence-electron chi connectivity index (χ4n) is 2.63. The maximum absolute atomic E-state index is 13.5. The van der Waals surface area contributed by atoms with Gasteiger partial charge < -0.3 is 10.1 Å². The van der Waals surface area contributed by atoms with Crippen LogP contribution in [0.4, 0.5) is 4.39 Å². The topological polar surface area (TPSA) is 21.3 Å². The van der Waals surface area contributed by atoms with Gasteiger partial charge in [0.25, 0.3) is 0 Å². The zero-order valence-corrected chi connectivity index (χ0v) is 12.0. The molecule has 0 bridgehead atoms. The van der Waals surface area contributed by atoms with Gasteiger partial charge in [0.05, 0.1) is 11.1 Å². The molecule has 2 atom stereocenters. The summed E-state index contributed by atoms with van der Waals surface area (Å²) in [5, 5.41) is 3.62. The molecule has 1 aliphatic heterocycles. The molecule has 106 valence electrons. The second-order valence-corrected chi connectivity index (χ2v) is 5.34. The SMILES string of the molecule is CCNC(CCC1CCCO1)c1cccc(F)c1Cl. The molecule has 0 radical (unpaired) electrons. The van der Waals surface area contributed by atoms with E-state index in [9.17, 15) is 4.39 Å². The Morgan fingerprint density at radius 1 is 1.53 bits per heavy atom. The van der Waals surface area contributed by atoms with Crippen LogP contribution in [-0.4, -0.2) is 19.3 Å². The number of hydrogen-bond donors (Lipinski definition) is 1. The van der Waals surface area contributed by atoms with E-state index in [2.05, 4.69) is 5.32 Å². The molecule has 0 saturated carbocycles. The lowest BCUT2D eigenvalue weighted by atomic mass is 9.99. The minimum Gasteiger partial charge on any atom is -0.378 e. The normalized spacial score (nSPS) is 20.7. The van der Waals surface area contributed by atoms with Crippen LogP contribution in [0.1, 0.15) is 44.2 Å². The van der Waals surface area contributed by atoms with E-state index in [0.29, 0.717) is 6.10 Å². The van der Waals surface area contributed by atoms with Crippen molar-refractivity contribution in [2.45, 2.75) is 44.8 Å². The van der Waals surface area contributed by atoms with Crippen LogP contribution in [0.15, 0.2) is 18.2 Å². The molecule has 0 aliphatic carbocycles. The summed E-state index contributed by atoms with van der Waals surface area (Å²) in [7, 11) is 0. The van der Waals surface area contributed by atoms with Gasteiger partial charge in [-0.3, -0.25) is 0 Å². The highest BCUT2D eigenvalue weighted by Crippen LogP contribution is 2.30. The second-order valence-electron chi connectivity index (χ2n) is 4.97. The van der Waals surface area contributed by atoms with Crippen molar-refractivity contribution >= 4 is 11.6 Å². The molecule has 1 saturated heterocycles. The minimum atomic E-state index is -0.348. The van der Waals surface area contributed by atoms with Gasteiger partial charge in [0.2, 0.25) is 0 Å². The summed E-state index contributed by atoms with van der Waals surface area (Å²) in [5.74, 6) is -0.348. The maximum atomic E-state index is 13.5. The average Bonchev–Trinajstić information content (AvgIpc) is 2.91. The smallest absolute Gasteiger partial charge is 0.142 e. The van der Waals surface area contributed by atoms with Crippen molar-refractivity contribution in [3.05, 3.63) is 34.6 Å². The Morgan fingerprint density at radius 2 is 2.37 bits per heavy atom. The largest absolute Gasteiger partial charge is 0.378 e. The zero-order chi connectivity index (χ0) is 13.7. The Morgan fingerprint density at radius 3 is 3.05 bits per heavy atom. The fraction of sp³-hybridized carbons (Fsp3) is 0.600. The van der Waals surface area contributed by atoms with Gasteiger partial charge in [-0.15, -0.1) is 0 Å². The first-order valence-corrected chi connectivity index (χ1v) is 7.39. The number of hydrogen-bond acceptors (Lipinski definition) is 2. The van der Waals surface area contributed by atoms with E-state index in [-0.39, 0.29) is 16.9 Å². The quantitative estimate of drug-likeness (QED) is 0.850. The van der Waals surface area contributed by atoms with E-state index < -0.39 is 0 Å². The van der Waals surface area contributed by atoms with E-state index in [4.69, 9.17) is 16.3 Å². The molecule has 0 spiro atoms. The van der Waals surface area contributed by atoms with E-state index in [1.54, 1.807) is 6.07 Å². The van der Waals surface area contributed by atoms with Crippen LogP contribution < -0.4 is 5.32 Å². The lowest BCUT2D eigenvalue weighted by Crippen LogP contribution is -2.23. The van der Waals surface area contributed by atoms with Gasteiger partial charge in [0, 0.05) is 12.6 Å². The summed E-state index contributed by atoms with van der Waals surface area (Å²) in [6.45, 7) is 3.76. The molecular formula is C15H21ClFNO. The third-order valence-electron chi connectivity index (χ3n) is 3.61. The van der Waals surface area contributed by atoms with E-state index in [1.165, 1.54) is 6.07 Å².